The lowest BCUT2D eigenvalue weighted by Crippen LogP contribution is -2.35. The Kier molecular flexibility index (Phi) is 4.57. The molecule has 0 spiro atoms. The van der Waals surface area contributed by atoms with Crippen LogP contribution in [0.5, 0.6) is 0 Å². The van der Waals surface area contributed by atoms with Gasteiger partial charge in [-0.15, -0.1) is 0 Å². The number of nitrogens with one attached hydrogen (secondary N) is 1. The number of benzene rings is 1. The molecule has 0 bridgehead atoms. The van der Waals surface area contributed by atoms with Crippen LogP contribution >= 0.6 is 0 Å². The second-order valence-corrected chi connectivity index (χ2v) is 5.15. The van der Waals surface area contributed by atoms with Gasteiger partial charge in [-0.25, -0.2) is 0 Å². The molecule has 3 atom stereocenters. The van der Waals surface area contributed by atoms with Gasteiger partial charge < -0.3 is 10.1 Å². The van der Waals surface area contributed by atoms with Gasteiger partial charge in [-0.3, -0.25) is 0 Å². The fourth-order valence-electron chi connectivity index (χ4n) is 2.41. The highest BCUT2D eigenvalue weighted by molar-refractivity contribution is 5.15. The molecule has 0 saturated carbocycles. The second-order valence-electron chi connectivity index (χ2n) is 5.15. The average Bonchev–Trinajstić information content (AvgIpc) is 2.74. The number of rotatable bonds is 5. The van der Waals surface area contributed by atoms with Crippen molar-refractivity contribution >= 4 is 0 Å². The van der Waals surface area contributed by atoms with E-state index in [-0.39, 0.29) is 0 Å². The summed E-state index contributed by atoms with van der Waals surface area (Å²) < 4.78 is 5.80. The predicted molar refractivity (Wildman–Crippen MR) is 71.2 cm³/mol. The number of hydrogen-bond donors (Lipinski definition) is 1. The van der Waals surface area contributed by atoms with Crippen LogP contribution in [0.2, 0.25) is 0 Å². The highest BCUT2D eigenvalue weighted by atomic mass is 16.5. The monoisotopic (exact) mass is 233 g/mol. The smallest absolute Gasteiger partial charge is 0.0704 e. The summed E-state index contributed by atoms with van der Waals surface area (Å²) in [6, 6.07) is 11.2. The molecule has 2 nitrogen and oxygen atoms in total. The average molecular weight is 233 g/mol. The van der Waals surface area contributed by atoms with E-state index in [0.29, 0.717) is 18.2 Å². The van der Waals surface area contributed by atoms with Crippen LogP contribution in [0.1, 0.15) is 32.3 Å². The summed E-state index contributed by atoms with van der Waals surface area (Å²) >= 11 is 0. The van der Waals surface area contributed by atoms with Crippen LogP contribution in [-0.4, -0.2) is 24.8 Å². The minimum Gasteiger partial charge on any atom is -0.374 e. The Labute approximate surface area is 104 Å². The predicted octanol–water partition coefficient (Wildman–Crippen LogP) is 2.77. The number of ether oxygens (including phenoxy) is 1. The lowest BCUT2D eigenvalue weighted by molar-refractivity contribution is 0.0546. The molecule has 1 aliphatic rings. The van der Waals surface area contributed by atoms with E-state index in [9.17, 15) is 0 Å². The van der Waals surface area contributed by atoms with E-state index in [1.807, 2.05) is 0 Å². The molecule has 0 amide bonds. The van der Waals surface area contributed by atoms with Crippen molar-refractivity contribution in [2.75, 3.05) is 6.54 Å². The van der Waals surface area contributed by atoms with Crippen molar-refractivity contribution in [3.63, 3.8) is 0 Å². The van der Waals surface area contributed by atoms with Gasteiger partial charge in [-0.1, -0.05) is 30.3 Å². The summed E-state index contributed by atoms with van der Waals surface area (Å²) in [7, 11) is 0. The third-order valence-electron chi connectivity index (χ3n) is 3.40. The Morgan fingerprint density at radius 2 is 2.06 bits per heavy atom. The molecular formula is C15H23NO. The summed E-state index contributed by atoms with van der Waals surface area (Å²) in [5.41, 5.74) is 1.40. The minimum absolute atomic E-state index is 0.420. The van der Waals surface area contributed by atoms with Crippen molar-refractivity contribution in [3.8, 4) is 0 Å². The van der Waals surface area contributed by atoms with E-state index in [4.69, 9.17) is 4.74 Å². The van der Waals surface area contributed by atoms with Crippen molar-refractivity contribution in [2.45, 2.75) is 51.4 Å². The maximum atomic E-state index is 5.80. The standard InChI is InChI=1S/C15H23NO/c1-12(10-14-6-4-3-5-7-14)16-11-15-9-8-13(2)17-15/h3-7,12-13,15-16H,8-11H2,1-2H3. The first-order valence-corrected chi connectivity index (χ1v) is 6.67. The molecule has 1 N–H and O–H groups in total. The first kappa shape index (κ1) is 12.6. The maximum absolute atomic E-state index is 5.80. The van der Waals surface area contributed by atoms with Crippen LogP contribution in [0.15, 0.2) is 30.3 Å². The van der Waals surface area contributed by atoms with E-state index in [2.05, 4.69) is 49.5 Å². The van der Waals surface area contributed by atoms with Gasteiger partial charge in [0.2, 0.25) is 0 Å². The zero-order chi connectivity index (χ0) is 12.1. The molecule has 0 aliphatic carbocycles. The molecule has 2 rings (SSSR count). The lowest BCUT2D eigenvalue weighted by atomic mass is 10.1. The first-order chi connectivity index (χ1) is 8.24. The highest BCUT2D eigenvalue weighted by Crippen LogP contribution is 2.18. The molecule has 0 aromatic heterocycles. The van der Waals surface area contributed by atoms with Crippen LogP contribution in [0, 0.1) is 0 Å². The van der Waals surface area contributed by atoms with E-state index in [0.717, 1.165) is 13.0 Å². The molecule has 3 unspecified atom stereocenters. The van der Waals surface area contributed by atoms with Crippen LogP contribution in [0.3, 0.4) is 0 Å². The molecule has 0 radical (unpaired) electrons. The van der Waals surface area contributed by atoms with Gasteiger partial charge >= 0.3 is 0 Å². The van der Waals surface area contributed by atoms with Crippen LogP contribution in [0.25, 0.3) is 0 Å². The van der Waals surface area contributed by atoms with Crippen molar-refractivity contribution in [2.24, 2.45) is 0 Å². The molecule has 1 fully saturated rings. The first-order valence-electron chi connectivity index (χ1n) is 6.67. The Morgan fingerprint density at radius 3 is 2.71 bits per heavy atom. The van der Waals surface area contributed by atoms with Gasteiger partial charge in [0.1, 0.15) is 0 Å². The topological polar surface area (TPSA) is 21.3 Å². The van der Waals surface area contributed by atoms with Gasteiger partial charge in [-0.05, 0) is 38.7 Å². The fraction of sp³-hybridized carbons (Fsp3) is 0.600. The van der Waals surface area contributed by atoms with E-state index in [1.54, 1.807) is 0 Å². The summed E-state index contributed by atoms with van der Waals surface area (Å²) in [4.78, 5) is 0. The van der Waals surface area contributed by atoms with Crippen LogP contribution < -0.4 is 5.32 Å². The third-order valence-corrected chi connectivity index (χ3v) is 3.40. The van der Waals surface area contributed by atoms with Gasteiger partial charge in [0.05, 0.1) is 12.2 Å². The van der Waals surface area contributed by atoms with Crippen molar-refractivity contribution in [3.05, 3.63) is 35.9 Å². The van der Waals surface area contributed by atoms with Crippen LogP contribution in [0.4, 0.5) is 0 Å². The fourth-order valence-corrected chi connectivity index (χ4v) is 2.41. The van der Waals surface area contributed by atoms with Gasteiger partial charge in [-0.2, -0.15) is 0 Å². The molecule has 1 saturated heterocycles. The summed E-state index contributed by atoms with van der Waals surface area (Å²) in [5.74, 6) is 0. The quantitative estimate of drug-likeness (QED) is 0.844. The Balaban J connectivity index is 1.69. The lowest BCUT2D eigenvalue weighted by Gasteiger charge is -2.17. The van der Waals surface area contributed by atoms with Crippen LogP contribution in [-0.2, 0) is 11.2 Å². The SMILES string of the molecule is CC(Cc1ccccc1)NCC1CCC(C)O1. The Morgan fingerprint density at radius 1 is 1.29 bits per heavy atom. The molecular weight excluding hydrogens is 210 g/mol. The summed E-state index contributed by atoms with van der Waals surface area (Å²) in [5, 5.41) is 3.57. The molecule has 17 heavy (non-hydrogen) atoms. The molecule has 2 heteroatoms. The second kappa shape index (κ2) is 6.18. The summed E-state index contributed by atoms with van der Waals surface area (Å²) in [6.45, 7) is 5.39. The zero-order valence-corrected chi connectivity index (χ0v) is 10.9. The van der Waals surface area contributed by atoms with E-state index in [1.165, 1.54) is 18.4 Å². The molecule has 1 aliphatic heterocycles. The largest absolute Gasteiger partial charge is 0.374 e. The van der Waals surface area contributed by atoms with Gasteiger partial charge in [0.15, 0.2) is 0 Å². The minimum atomic E-state index is 0.420. The normalized spacial score (nSPS) is 26.0. The van der Waals surface area contributed by atoms with Gasteiger partial charge in [0.25, 0.3) is 0 Å². The molecule has 1 aromatic rings. The molecule has 1 aromatic carbocycles. The van der Waals surface area contributed by atoms with Crippen molar-refractivity contribution in [1.29, 1.82) is 0 Å². The highest BCUT2D eigenvalue weighted by Gasteiger charge is 2.21. The third kappa shape index (κ3) is 4.14. The maximum Gasteiger partial charge on any atom is 0.0704 e. The van der Waals surface area contributed by atoms with Crippen molar-refractivity contribution < 1.29 is 4.74 Å². The Hall–Kier alpha value is -0.860. The molecule has 94 valence electrons. The number of hydrogen-bond acceptors (Lipinski definition) is 2. The zero-order valence-electron chi connectivity index (χ0n) is 10.9. The van der Waals surface area contributed by atoms with E-state index >= 15 is 0 Å². The van der Waals surface area contributed by atoms with Gasteiger partial charge in [0, 0.05) is 12.6 Å². The molecule has 1 heterocycles. The summed E-state index contributed by atoms with van der Waals surface area (Å²) in [6.07, 6.45) is 4.36. The van der Waals surface area contributed by atoms with Crippen molar-refractivity contribution in [1.82, 2.24) is 5.32 Å². The van der Waals surface area contributed by atoms with E-state index < -0.39 is 0 Å². The Bertz CT molecular complexity index is 325.